The molecule has 0 saturated heterocycles. The number of sulfonamides is 1. The summed E-state index contributed by atoms with van der Waals surface area (Å²) in [5.41, 5.74) is 4.30. The third-order valence-electron chi connectivity index (χ3n) is 5.81. The number of nitrogens with zero attached hydrogens (tertiary/aromatic N) is 1. The first-order chi connectivity index (χ1) is 16.4. The Morgan fingerprint density at radius 1 is 0.794 bits per heavy atom. The summed E-state index contributed by atoms with van der Waals surface area (Å²) in [6.07, 6.45) is 7.67. The summed E-state index contributed by atoms with van der Waals surface area (Å²) >= 11 is 0. The molecule has 1 aliphatic heterocycles. The van der Waals surface area contributed by atoms with Gasteiger partial charge in [0.2, 0.25) is 10.0 Å². The molecule has 0 atom stereocenters. The van der Waals surface area contributed by atoms with Crippen LogP contribution < -0.4 is 0 Å². The number of aryl methyl sites for hydroxylation is 1. The quantitative estimate of drug-likeness (QED) is 0.418. The molecule has 1 heterocycles. The van der Waals surface area contributed by atoms with Crippen molar-refractivity contribution in [3.63, 3.8) is 0 Å². The van der Waals surface area contributed by atoms with Crippen LogP contribution in [0.2, 0.25) is 0 Å². The van der Waals surface area contributed by atoms with E-state index in [1.807, 2.05) is 79.7 Å². The van der Waals surface area contributed by atoms with Crippen molar-refractivity contribution in [2.75, 3.05) is 13.1 Å². The highest BCUT2D eigenvalue weighted by molar-refractivity contribution is 7.89. The lowest BCUT2D eigenvalue weighted by Crippen LogP contribution is -2.38. The van der Waals surface area contributed by atoms with Crippen LogP contribution in [0.25, 0.3) is 12.2 Å². The molecule has 4 rings (SSSR count). The molecular formula is C29H27NO3S. The average molecular weight is 470 g/mol. The Bertz CT molecular complexity index is 1340. The molecule has 3 aromatic carbocycles. The molecule has 0 radical (unpaired) electrons. The van der Waals surface area contributed by atoms with Crippen molar-refractivity contribution in [2.24, 2.45) is 0 Å². The van der Waals surface area contributed by atoms with Gasteiger partial charge in [0.15, 0.2) is 5.78 Å². The fourth-order valence-electron chi connectivity index (χ4n) is 3.84. The number of benzene rings is 3. The van der Waals surface area contributed by atoms with Crippen LogP contribution in [0.15, 0.2) is 113 Å². The minimum atomic E-state index is -3.70. The molecule has 34 heavy (non-hydrogen) atoms. The predicted octanol–water partition coefficient (Wildman–Crippen LogP) is 5.68. The van der Waals surface area contributed by atoms with E-state index in [2.05, 4.69) is 0 Å². The lowest BCUT2D eigenvalue weighted by atomic mass is 9.96. The number of hydrogen-bond acceptors (Lipinski definition) is 3. The highest BCUT2D eigenvalue weighted by Gasteiger charge is 2.30. The van der Waals surface area contributed by atoms with Crippen molar-refractivity contribution >= 4 is 28.0 Å². The van der Waals surface area contributed by atoms with E-state index in [1.54, 1.807) is 30.3 Å². The van der Waals surface area contributed by atoms with Gasteiger partial charge in [-0.1, -0.05) is 96.6 Å². The van der Waals surface area contributed by atoms with Gasteiger partial charge < -0.3 is 0 Å². The Balaban J connectivity index is 1.66. The molecule has 5 heteroatoms. The molecule has 1 aliphatic rings. The van der Waals surface area contributed by atoms with Crippen molar-refractivity contribution in [1.82, 2.24) is 4.31 Å². The van der Waals surface area contributed by atoms with E-state index < -0.39 is 10.0 Å². The zero-order valence-corrected chi connectivity index (χ0v) is 19.9. The molecule has 0 saturated carbocycles. The standard InChI is InChI=1S/C29H27NO3S/c1-23-12-17-27(18-13-23)34(32,33)30-21-20-26(16-14-24-8-4-2-5-9-24)28(22-30)29(31)19-15-25-10-6-3-7-11-25/h2-19H,20-22H2,1H3/b16-14+,19-15+. The number of carbonyl (C=O) groups is 1. The first-order valence-corrected chi connectivity index (χ1v) is 12.7. The van der Waals surface area contributed by atoms with Crippen LogP contribution >= 0.6 is 0 Å². The average Bonchev–Trinajstić information content (AvgIpc) is 2.87. The Hall–Kier alpha value is -3.54. The number of ketones is 1. The first-order valence-electron chi connectivity index (χ1n) is 11.2. The molecule has 0 aromatic heterocycles. The maximum Gasteiger partial charge on any atom is 0.243 e. The fraction of sp³-hybridized carbons (Fsp3) is 0.138. The van der Waals surface area contributed by atoms with Crippen LogP contribution in [0.1, 0.15) is 23.1 Å². The summed E-state index contributed by atoms with van der Waals surface area (Å²) in [6, 6.07) is 26.2. The lowest BCUT2D eigenvalue weighted by Gasteiger charge is -2.28. The molecule has 0 amide bonds. The normalized spacial score (nSPS) is 15.3. The summed E-state index contributed by atoms with van der Waals surface area (Å²) in [4.78, 5) is 13.5. The summed E-state index contributed by atoms with van der Waals surface area (Å²) in [5.74, 6) is -0.180. The van der Waals surface area contributed by atoms with Gasteiger partial charge in [-0.25, -0.2) is 8.42 Å². The van der Waals surface area contributed by atoms with Crippen LogP contribution in [0.4, 0.5) is 0 Å². The molecule has 4 nitrogen and oxygen atoms in total. The Morgan fingerprint density at radius 3 is 2.00 bits per heavy atom. The van der Waals surface area contributed by atoms with Crippen LogP contribution in [-0.4, -0.2) is 31.6 Å². The maximum atomic E-state index is 13.3. The molecule has 0 spiro atoms. The van der Waals surface area contributed by atoms with Crippen LogP contribution in [0.3, 0.4) is 0 Å². The van der Waals surface area contributed by atoms with E-state index in [0.717, 1.165) is 22.3 Å². The molecular weight excluding hydrogens is 442 g/mol. The molecule has 0 N–H and O–H groups in total. The zero-order chi connectivity index (χ0) is 24.0. The van der Waals surface area contributed by atoms with E-state index in [0.29, 0.717) is 18.5 Å². The van der Waals surface area contributed by atoms with Crippen molar-refractivity contribution in [1.29, 1.82) is 0 Å². The van der Waals surface area contributed by atoms with Gasteiger partial charge in [-0.2, -0.15) is 4.31 Å². The van der Waals surface area contributed by atoms with Crippen LogP contribution in [-0.2, 0) is 14.8 Å². The van der Waals surface area contributed by atoms with Crippen molar-refractivity contribution in [2.45, 2.75) is 18.2 Å². The summed E-state index contributed by atoms with van der Waals surface area (Å²) in [7, 11) is -3.70. The minimum Gasteiger partial charge on any atom is -0.290 e. The molecule has 0 fully saturated rings. The predicted molar refractivity (Wildman–Crippen MR) is 138 cm³/mol. The number of rotatable bonds is 7. The van der Waals surface area contributed by atoms with Gasteiger partial charge in [-0.3, -0.25) is 4.79 Å². The highest BCUT2D eigenvalue weighted by Crippen LogP contribution is 2.27. The first kappa shape index (κ1) is 23.6. The Kier molecular flexibility index (Phi) is 7.36. The maximum absolute atomic E-state index is 13.3. The summed E-state index contributed by atoms with van der Waals surface area (Å²) < 4.78 is 28.0. The zero-order valence-electron chi connectivity index (χ0n) is 19.1. The van der Waals surface area contributed by atoms with Gasteiger partial charge in [0.1, 0.15) is 0 Å². The SMILES string of the molecule is Cc1ccc(S(=O)(=O)N2CCC(/C=C/c3ccccc3)=C(C(=O)/C=C/c3ccccc3)C2)cc1. The molecule has 0 unspecified atom stereocenters. The second kappa shape index (κ2) is 10.6. The molecule has 3 aromatic rings. The van der Waals surface area contributed by atoms with Crippen LogP contribution in [0.5, 0.6) is 0 Å². The highest BCUT2D eigenvalue weighted by atomic mass is 32.2. The molecule has 0 aliphatic carbocycles. The van der Waals surface area contributed by atoms with Crippen molar-refractivity contribution < 1.29 is 13.2 Å². The summed E-state index contributed by atoms with van der Waals surface area (Å²) in [5, 5.41) is 0. The van der Waals surface area contributed by atoms with Gasteiger partial charge in [0.05, 0.1) is 4.90 Å². The van der Waals surface area contributed by atoms with Gasteiger partial charge in [-0.05, 0) is 48.3 Å². The topological polar surface area (TPSA) is 54.5 Å². The van der Waals surface area contributed by atoms with E-state index >= 15 is 0 Å². The monoisotopic (exact) mass is 469 g/mol. The third-order valence-corrected chi connectivity index (χ3v) is 7.67. The largest absolute Gasteiger partial charge is 0.290 e. The number of hydrogen-bond donors (Lipinski definition) is 0. The Morgan fingerprint density at radius 2 is 1.38 bits per heavy atom. The van der Waals surface area contributed by atoms with E-state index in [-0.39, 0.29) is 17.2 Å². The molecule has 0 bridgehead atoms. The van der Waals surface area contributed by atoms with Gasteiger partial charge in [-0.15, -0.1) is 0 Å². The smallest absolute Gasteiger partial charge is 0.243 e. The van der Waals surface area contributed by atoms with E-state index in [4.69, 9.17) is 0 Å². The van der Waals surface area contributed by atoms with E-state index in [1.165, 1.54) is 10.4 Å². The van der Waals surface area contributed by atoms with Crippen molar-refractivity contribution in [3.8, 4) is 0 Å². The minimum absolute atomic E-state index is 0.0443. The van der Waals surface area contributed by atoms with E-state index in [9.17, 15) is 13.2 Å². The number of allylic oxidation sites excluding steroid dienone is 2. The van der Waals surface area contributed by atoms with Crippen molar-refractivity contribution in [3.05, 3.63) is 125 Å². The third kappa shape index (κ3) is 5.68. The summed E-state index contributed by atoms with van der Waals surface area (Å²) in [6.45, 7) is 2.29. The Labute approximate surface area is 201 Å². The van der Waals surface area contributed by atoms with Crippen LogP contribution in [0, 0.1) is 6.92 Å². The van der Waals surface area contributed by atoms with Gasteiger partial charge in [0, 0.05) is 18.7 Å². The molecule has 172 valence electrons. The number of carbonyl (C=O) groups excluding carboxylic acids is 1. The van der Waals surface area contributed by atoms with Gasteiger partial charge >= 0.3 is 0 Å². The second-order valence-corrected chi connectivity index (χ2v) is 10.2. The van der Waals surface area contributed by atoms with Gasteiger partial charge in [0.25, 0.3) is 0 Å². The second-order valence-electron chi connectivity index (χ2n) is 8.26. The fourth-order valence-corrected chi connectivity index (χ4v) is 5.24. The lowest BCUT2D eigenvalue weighted by molar-refractivity contribution is -0.111.